The molecule has 0 atom stereocenters. The third-order valence-corrected chi connectivity index (χ3v) is 3.91. The maximum atomic E-state index is 10.7. The fraction of sp³-hybridized carbons (Fsp3) is 0.294. The molecular weight excluding hydrogens is 264 g/mol. The molecule has 3 rings (SSSR count). The second-order valence-corrected chi connectivity index (χ2v) is 5.34. The van der Waals surface area contributed by atoms with Gasteiger partial charge in [-0.15, -0.1) is 0 Å². The standard InChI is InChI=1S/C17H18N2O2/c20-17(21)10-9-13-5-1-2-6-14(13)11-19-12-18-15-7-3-4-8-16(15)19/h1-2,5-6,9-10,12H,3-4,7-8,11H2,(H,20,21)/b10-9+. The molecule has 0 saturated carbocycles. The molecule has 0 saturated heterocycles. The Morgan fingerprint density at radius 2 is 2.10 bits per heavy atom. The number of imidazole rings is 1. The second-order valence-electron chi connectivity index (χ2n) is 5.34. The van der Waals surface area contributed by atoms with E-state index in [9.17, 15) is 4.79 Å². The van der Waals surface area contributed by atoms with Gasteiger partial charge >= 0.3 is 5.97 Å². The molecule has 0 radical (unpaired) electrons. The minimum absolute atomic E-state index is 0.739. The lowest BCUT2D eigenvalue weighted by molar-refractivity contribution is -0.131. The van der Waals surface area contributed by atoms with Gasteiger partial charge in [0.25, 0.3) is 0 Å². The molecule has 1 aliphatic carbocycles. The van der Waals surface area contributed by atoms with Crippen molar-refractivity contribution < 1.29 is 9.90 Å². The lowest BCUT2D eigenvalue weighted by Crippen LogP contribution is -2.09. The van der Waals surface area contributed by atoms with E-state index in [4.69, 9.17) is 5.11 Å². The third kappa shape index (κ3) is 3.05. The van der Waals surface area contributed by atoms with E-state index in [0.29, 0.717) is 0 Å². The number of nitrogens with zero attached hydrogens (tertiary/aromatic N) is 2. The largest absolute Gasteiger partial charge is 0.478 e. The summed E-state index contributed by atoms with van der Waals surface area (Å²) >= 11 is 0. The van der Waals surface area contributed by atoms with Crippen LogP contribution in [0.25, 0.3) is 6.08 Å². The highest BCUT2D eigenvalue weighted by Crippen LogP contribution is 2.21. The van der Waals surface area contributed by atoms with Crippen LogP contribution in [0.4, 0.5) is 0 Å². The smallest absolute Gasteiger partial charge is 0.328 e. The normalized spacial score (nSPS) is 14.3. The molecule has 4 nitrogen and oxygen atoms in total. The highest BCUT2D eigenvalue weighted by atomic mass is 16.4. The van der Waals surface area contributed by atoms with Gasteiger partial charge in [0.2, 0.25) is 0 Å². The highest BCUT2D eigenvalue weighted by molar-refractivity contribution is 5.85. The van der Waals surface area contributed by atoms with E-state index < -0.39 is 5.97 Å². The molecule has 0 spiro atoms. The van der Waals surface area contributed by atoms with Gasteiger partial charge in [-0.25, -0.2) is 9.78 Å². The molecule has 0 amide bonds. The van der Waals surface area contributed by atoms with E-state index in [1.54, 1.807) is 6.08 Å². The van der Waals surface area contributed by atoms with Crippen molar-refractivity contribution in [3.63, 3.8) is 0 Å². The molecule has 21 heavy (non-hydrogen) atoms. The Hall–Kier alpha value is -2.36. The average molecular weight is 282 g/mol. The Labute approximate surface area is 123 Å². The summed E-state index contributed by atoms with van der Waals surface area (Å²) in [6.45, 7) is 0.739. The fourth-order valence-corrected chi connectivity index (χ4v) is 2.85. The monoisotopic (exact) mass is 282 g/mol. The molecular formula is C17H18N2O2. The zero-order valence-electron chi connectivity index (χ0n) is 11.8. The van der Waals surface area contributed by atoms with Gasteiger partial charge in [-0.05, 0) is 42.9 Å². The van der Waals surface area contributed by atoms with Crippen molar-refractivity contribution in [2.45, 2.75) is 32.2 Å². The summed E-state index contributed by atoms with van der Waals surface area (Å²) in [7, 11) is 0. The number of hydrogen-bond donors (Lipinski definition) is 1. The SMILES string of the molecule is O=C(O)/C=C/c1ccccc1Cn1cnc2c1CCCC2. The number of aromatic nitrogens is 2. The van der Waals surface area contributed by atoms with Crippen LogP contribution in [0.2, 0.25) is 0 Å². The summed E-state index contributed by atoms with van der Waals surface area (Å²) in [6, 6.07) is 7.89. The molecule has 0 bridgehead atoms. The van der Waals surface area contributed by atoms with Crippen LogP contribution in [0.1, 0.15) is 35.4 Å². The van der Waals surface area contributed by atoms with Gasteiger partial charge in [-0.3, -0.25) is 0 Å². The Morgan fingerprint density at radius 1 is 1.29 bits per heavy atom. The van der Waals surface area contributed by atoms with Crippen molar-refractivity contribution in [3.05, 3.63) is 59.2 Å². The molecule has 1 aromatic carbocycles. The van der Waals surface area contributed by atoms with Crippen LogP contribution in [-0.2, 0) is 24.2 Å². The average Bonchev–Trinajstić information content (AvgIpc) is 2.90. The second kappa shape index (κ2) is 5.95. The maximum Gasteiger partial charge on any atom is 0.328 e. The summed E-state index contributed by atoms with van der Waals surface area (Å²) in [4.78, 5) is 15.2. The number of aryl methyl sites for hydroxylation is 1. The minimum atomic E-state index is -0.926. The van der Waals surface area contributed by atoms with Gasteiger partial charge in [0, 0.05) is 18.3 Å². The topological polar surface area (TPSA) is 55.1 Å². The van der Waals surface area contributed by atoms with Crippen LogP contribution in [0, 0.1) is 0 Å². The van der Waals surface area contributed by atoms with Gasteiger partial charge < -0.3 is 9.67 Å². The van der Waals surface area contributed by atoms with Crippen molar-refractivity contribution in [2.75, 3.05) is 0 Å². The van der Waals surface area contributed by atoms with E-state index in [0.717, 1.165) is 30.5 Å². The summed E-state index contributed by atoms with van der Waals surface area (Å²) in [5, 5.41) is 8.78. The molecule has 0 fully saturated rings. The number of rotatable bonds is 4. The van der Waals surface area contributed by atoms with Gasteiger partial charge in [0.05, 0.1) is 12.0 Å². The molecule has 1 heterocycles. The Bertz CT molecular complexity index is 686. The zero-order chi connectivity index (χ0) is 14.7. The number of aliphatic carboxylic acids is 1. The molecule has 0 unspecified atom stereocenters. The quantitative estimate of drug-likeness (QED) is 0.877. The van der Waals surface area contributed by atoms with Crippen molar-refractivity contribution in [3.8, 4) is 0 Å². The summed E-state index contributed by atoms with van der Waals surface area (Å²) < 4.78 is 2.20. The Balaban J connectivity index is 1.88. The van der Waals surface area contributed by atoms with Gasteiger partial charge in [0.15, 0.2) is 0 Å². The maximum absolute atomic E-state index is 10.7. The summed E-state index contributed by atoms with van der Waals surface area (Å²) in [5.74, 6) is -0.926. The number of carboxylic acid groups (broad SMARTS) is 1. The van der Waals surface area contributed by atoms with Crippen LogP contribution in [0.5, 0.6) is 0 Å². The molecule has 0 aliphatic heterocycles. The van der Waals surface area contributed by atoms with Crippen molar-refractivity contribution in [1.29, 1.82) is 0 Å². The predicted molar refractivity (Wildman–Crippen MR) is 81.1 cm³/mol. The van der Waals surface area contributed by atoms with Crippen LogP contribution in [0.15, 0.2) is 36.7 Å². The van der Waals surface area contributed by atoms with Crippen molar-refractivity contribution in [1.82, 2.24) is 9.55 Å². The zero-order valence-corrected chi connectivity index (χ0v) is 11.8. The van der Waals surface area contributed by atoms with Gasteiger partial charge in [-0.1, -0.05) is 24.3 Å². The predicted octanol–water partition coefficient (Wildman–Crippen LogP) is 2.91. The van der Waals surface area contributed by atoms with Crippen LogP contribution >= 0.6 is 0 Å². The number of hydrogen-bond acceptors (Lipinski definition) is 2. The molecule has 1 aromatic heterocycles. The highest BCUT2D eigenvalue weighted by Gasteiger charge is 2.15. The van der Waals surface area contributed by atoms with Crippen LogP contribution in [-0.4, -0.2) is 20.6 Å². The van der Waals surface area contributed by atoms with Crippen molar-refractivity contribution >= 4 is 12.0 Å². The van der Waals surface area contributed by atoms with E-state index in [1.807, 2.05) is 30.6 Å². The first-order chi connectivity index (χ1) is 10.2. The fourth-order valence-electron chi connectivity index (χ4n) is 2.85. The number of fused-ring (bicyclic) bond motifs is 1. The van der Waals surface area contributed by atoms with E-state index in [2.05, 4.69) is 9.55 Å². The summed E-state index contributed by atoms with van der Waals surface area (Å²) in [6.07, 6.45) is 9.35. The van der Waals surface area contributed by atoms with Crippen LogP contribution < -0.4 is 0 Å². The molecule has 1 aliphatic rings. The lowest BCUT2D eigenvalue weighted by atomic mass is 10.0. The van der Waals surface area contributed by atoms with E-state index in [-0.39, 0.29) is 0 Å². The molecule has 4 heteroatoms. The van der Waals surface area contributed by atoms with Gasteiger partial charge in [-0.2, -0.15) is 0 Å². The third-order valence-electron chi connectivity index (χ3n) is 3.91. The number of carboxylic acids is 1. The minimum Gasteiger partial charge on any atom is -0.478 e. The number of benzene rings is 1. The van der Waals surface area contributed by atoms with E-state index in [1.165, 1.54) is 30.3 Å². The summed E-state index contributed by atoms with van der Waals surface area (Å²) in [5.41, 5.74) is 4.61. The molecule has 108 valence electrons. The first-order valence-corrected chi connectivity index (χ1v) is 7.26. The Morgan fingerprint density at radius 3 is 2.95 bits per heavy atom. The first kappa shape index (κ1) is 13.6. The Kier molecular flexibility index (Phi) is 3.86. The van der Waals surface area contributed by atoms with Crippen molar-refractivity contribution in [2.24, 2.45) is 0 Å². The van der Waals surface area contributed by atoms with Crippen LogP contribution in [0.3, 0.4) is 0 Å². The first-order valence-electron chi connectivity index (χ1n) is 7.26. The van der Waals surface area contributed by atoms with Gasteiger partial charge in [0.1, 0.15) is 0 Å². The number of carbonyl (C=O) groups is 1. The molecule has 2 aromatic rings. The lowest BCUT2D eigenvalue weighted by Gasteiger charge is -2.15. The van der Waals surface area contributed by atoms with E-state index >= 15 is 0 Å². The molecule has 1 N–H and O–H groups in total.